The van der Waals surface area contributed by atoms with Crippen molar-refractivity contribution in [2.75, 3.05) is 25.5 Å². The van der Waals surface area contributed by atoms with Gasteiger partial charge in [0.15, 0.2) is 0 Å². The molecule has 172 valence electrons. The van der Waals surface area contributed by atoms with E-state index in [0.29, 0.717) is 36.1 Å². The van der Waals surface area contributed by atoms with Crippen LogP contribution < -0.4 is 5.32 Å². The highest BCUT2D eigenvalue weighted by Crippen LogP contribution is 2.24. The molecule has 0 radical (unpaired) electrons. The third-order valence-electron chi connectivity index (χ3n) is 5.70. The minimum absolute atomic E-state index is 0.0647. The summed E-state index contributed by atoms with van der Waals surface area (Å²) < 4.78 is 11.2. The van der Waals surface area contributed by atoms with E-state index in [1.165, 1.54) is 7.11 Å². The number of anilines is 1. The molecule has 4 rings (SSSR count). The molecular weight excluding hydrogens is 488 g/mol. The molecule has 1 amide bonds. The van der Waals surface area contributed by atoms with Gasteiger partial charge in [-0.3, -0.25) is 9.69 Å². The summed E-state index contributed by atoms with van der Waals surface area (Å²) in [6.07, 6.45) is 1.69. The molecule has 1 aliphatic heterocycles. The van der Waals surface area contributed by atoms with Crippen molar-refractivity contribution in [3.63, 3.8) is 0 Å². The third-order valence-corrected chi connectivity index (χ3v) is 6.20. The van der Waals surface area contributed by atoms with Crippen LogP contribution >= 0.6 is 15.9 Å². The molecular formula is C24H25BrN4O4. The topological polar surface area (TPSA) is 97.6 Å². The molecule has 1 saturated heterocycles. The predicted octanol–water partition coefficient (Wildman–Crippen LogP) is 4.44. The Morgan fingerprint density at radius 1 is 1.27 bits per heavy atom. The summed E-state index contributed by atoms with van der Waals surface area (Å²) in [7, 11) is 1.34. The number of rotatable bonds is 6. The average molecular weight is 513 g/mol. The Kier molecular flexibility index (Phi) is 7.20. The third kappa shape index (κ3) is 5.66. The Hall–Kier alpha value is -3.04. The van der Waals surface area contributed by atoms with E-state index < -0.39 is 5.97 Å². The first kappa shape index (κ1) is 23.1. The Morgan fingerprint density at radius 2 is 2.12 bits per heavy atom. The highest BCUT2D eigenvalue weighted by Gasteiger charge is 2.27. The van der Waals surface area contributed by atoms with Gasteiger partial charge in [-0.15, -0.1) is 0 Å². The van der Waals surface area contributed by atoms with Crippen LogP contribution in [0.4, 0.5) is 5.69 Å². The van der Waals surface area contributed by atoms with Gasteiger partial charge in [0, 0.05) is 22.3 Å². The van der Waals surface area contributed by atoms with Crippen molar-refractivity contribution >= 4 is 33.5 Å². The first-order valence-corrected chi connectivity index (χ1v) is 11.5. The molecule has 2 aromatic carbocycles. The monoisotopic (exact) mass is 512 g/mol. The number of nitrogens with zero attached hydrogens (tertiary/aromatic N) is 3. The summed E-state index contributed by atoms with van der Waals surface area (Å²) in [5.74, 6) is 0.389. The summed E-state index contributed by atoms with van der Waals surface area (Å²) >= 11 is 3.45. The van der Waals surface area contributed by atoms with Crippen LogP contribution in [-0.4, -0.2) is 47.1 Å². The van der Waals surface area contributed by atoms with Crippen LogP contribution in [0.5, 0.6) is 0 Å². The maximum absolute atomic E-state index is 13.0. The van der Waals surface area contributed by atoms with Crippen molar-refractivity contribution in [1.29, 1.82) is 0 Å². The van der Waals surface area contributed by atoms with Gasteiger partial charge in [-0.1, -0.05) is 39.3 Å². The first-order valence-electron chi connectivity index (χ1n) is 10.7. The number of aromatic nitrogens is 2. The summed E-state index contributed by atoms with van der Waals surface area (Å²) in [5.41, 5.74) is 2.78. The van der Waals surface area contributed by atoms with Crippen LogP contribution in [0.1, 0.15) is 34.7 Å². The van der Waals surface area contributed by atoms with Gasteiger partial charge < -0.3 is 14.6 Å². The number of nitrogens with one attached hydrogen (secondary N) is 1. The van der Waals surface area contributed by atoms with Crippen LogP contribution in [0.25, 0.3) is 11.4 Å². The molecule has 33 heavy (non-hydrogen) atoms. The number of benzene rings is 2. The summed E-state index contributed by atoms with van der Waals surface area (Å²) in [6, 6.07) is 12.9. The van der Waals surface area contributed by atoms with Gasteiger partial charge in [0.2, 0.25) is 17.6 Å². The Bertz CT molecular complexity index is 1160. The second kappa shape index (κ2) is 10.3. The number of methoxy groups -OCH3 is 1. The van der Waals surface area contributed by atoms with Crippen LogP contribution in [0.2, 0.25) is 0 Å². The van der Waals surface area contributed by atoms with Gasteiger partial charge in [0.05, 0.1) is 25.1 Å². The molecule has 1 aliphatic rings. The van der Waals surface area contributed by atoms with Crippen molar-refractivity contribution in [3.05, 3.63) is 64.0 Å². The SMILES string of the molecule is COC(=O)c1ccc(C)c(NC(=O)C2CCCN(Cc3nc(-c4cccc(Br)c4)no3)C2)c1. The van der Waals surface area contributed by atoms with Crippen LogP contribution in [0.3, 0.4) is 0 Å². The van der Waals surface area contributed by atoms with Gasteiger partial charge in [0.25, 0.3) is 0 Å². The number of aryl methyl sites for hydroxylation is 1. The van der Waals surface area contributed by atoms with Crippen molar-refractivity contribution in [2.45, 2.75) is 26.3 Å². The second-order valence-electron chi connectivity index (χ2n) is 8.11. The highest BCUT2D eigenvalue weighted by atomic mass is 79.9. The molecule has 0 bridgehead atoms. The largest absolute Gasteiger partial charge is 0.465 e. The Morgan fingerprint density at radius 3 is 2.91 bits per heavy atom. The van der Waals surface area contributed by atoms with Crippen LogP contribution in [0.15, 0.2) is 51.5 Å². The van der Waals surface area contributed by atoms with E-state index in [0.717, 1.165) is 35.0 Å². The zero-order valence-electron chi connectivity index (χ0n) is 18.5. The molecule has 0 aliphatic carbocycles. The van der Waals surface area contributed by atoms with Gasteiger partial charge in [-0.25, -0.2) is 4.79 Å². The normalized spacial score (nSPS) is 16.4. The maximum atomic E-state index is 13.0. The summed E-state index contributed by atoms with van der Waals surface area (Å²) in [4.78, 5) is 31.5. The van der Waals surface area contributed by atoms with Gasteiger partial charge in [0.1, 0.15) is 0 Å². The lowest BCUT2D eigenvalue weighted by Crippen LogP contribution is -2.40. The molecule has 0 spiro atoms. The van der Waals surface area contributed by atoms with Gasteiger partial charge in [-0.05, 0) is 56.1 Å². The lowest BCUT2D eigenvalue weighted by molar-refractivity contribution is -0.121. The number of amides is 1. The molecule has 0 saturated carbocycles. The van der Waals surface area contributed by atoms with E-state index in [9.17, 15) is 9.59 Å². The molecule has 1 atom stereocenters. The molecule has 1 unspecified atom stereocenters. The lowest BCUT2D eigenvalue weighted by Gasteiger charge is -2.31. The predicted molar refractivity (Wildman–Crippen MR) is 127 cm³/mol. The van der Waals surface area contributed by atoms with Crippen molar-refractivity contribution in [3.8, 4) is 11.4 Å². The smallest absolute Gasteiger partial charge is 0.337 e. The molecule has 1 fully saturated rings. The number of carbonyl (C=O) groups is 2. The number of halogens is 1. The number of hydrogen-bond acceptors (Lipinski definition) is 7. The fourth-order valence-corrected chi connectivity index (χ4v) is 4.30. The van der Waals surface area contributed by atoms with Gasteiger partial charge >= 0.3 is 5.97 Å². The van der Waals surface area contributed by atoms with Crippen molar-refractivity contribution in [2.24, 2.45) is 5.92 Å². The highest BCUT2D eigenvalue weighted by molar-refractivity contribution is 9.10. The zero-order chi connectivity index (χ0) is 23.4. The number of piperidine rings is 1. The van der Waals surface area contributed by atoms with E-state index in [1.54, 1.807) is 18.2 Å². The van der Waals surface area contributed by atoms with E-state index >= 15 is 0 Å². The minimum atomic E-state index is -0.434. The molecule has 3 aromatic rings. The van der Waals surface area contributed by atoms with E-state index in [4.69, 9.17) is 9.26 Å². The maximum Gasteiger partial charge on any atom is 0.337 e. The molecule has 2 heterocycles. The van der Waals surface area contributed by atoms with Crippen LogP contribution in [-0.2, 0) is 16.1 Å². The number of esters is 1. The molecule has 1 aromatic heterocycles. The quantitative estimate of drug-likeness (QED) is 0.487. The van der Waals surface area contributed by atoms with E-state index in [2.05, 4.69) is 36.3 Å². The number of hydrogen-bond donors (Lipinski definition) is 1. The first-order chi connectivity index (χ1) is 15.9. The van der Waals surface area contributed by atoms with Crippen molar-refractivity contribution < 1.29 is 18.8 Å². The lowest BCUT2D eigenvalue weighted by atomic mass is 9.96. The summed E-state index contributed by atoms with van der Waals surface area (Å²) in [5, 5.41) is 7.08. The number of carbonyl (C=O) groups excluding carboxylic acids is 2. The summed E-state index contributed by atoms with van der Waals surface area (Å²) in [6.45, 7) is 3.83. The van der Waals surface area contributed by atoms with Crippen molar-refractivity contribution in [1.82, 2.24) is 15.0 Å². The Labute approximate surface area is 200 Å². The Balaban J connectivity index is 1.39. The fraction of sp³-hybridized carbons (Fsp3) is 0.333. The molecule has 9 heteroatoms. The zero-order valence-corrected chi connectivity index (χ0v) is 20.1. The average Bonchev–Trinajstić information content (AvgIpc) is 3.28. The van der Waals surface area contributed by atoms with Gasteiger partial charge in [-0.2, -0.15) is 4.98 Å². The molecule has 8 nitrogen and oxygen atoms in total. The standard InChI is InChI=1S/C24H25BrN4O4/c1-15-8-9-17(24(31)32-2)12-20(15)26-23(30)18-6-4-10-29(13-18)14-21-27-22(28-33-21)16-5-3-7-19(25)11-16/h3,5,7-9,11-12,18H,4,6,10,13-14H2,1-2H3,(H,26,30). The van der Waals surface area contributed by atoms with Crippen LogP contribution in [0, 0.1) is 12.8 Å². The fourth-order valence-electron chi connectivity index (χ4n) is 3.90. The van der Waals surface area contributed by atoms with E-state index in [1.807, 2.05) is 31.2 Å². The molecule has 1 N–H and O–H groups in total. The second-order valence-corrected chi connectivity index (χ2v) is 9.02. The minimum Gasteiger partial charge on any atom is -0.465 e. The number of ether oxygens (including phenoxy) is 1. The van der Waals surface area contributed by atoms with E-state index in [-0.39, 0.29) is 11.8 Å². The number of likely N-dealkylation sites (tertiary alicyclic amines) is 1.